The van der Waals surface area contributed by atoms with Gasteiger partial charge in [-0.3, -0.25) is 18.7 Å². The molecule has 23 heavy (non-hydrogen) atoms. The molecule has 1 amide bonds. The molecule has 0 saturated heterocycles. The van der Waals surface area contributed by atoms with Crippen LogP contribution in [-0.2, 0) is 4.79 Å². The number of aromatic nitrogens is 2. The molecule has 0 radical (unpaired) electrons. The fraction of sp³-hybridized carbons (Fsp3) is 0.471. The van der Waals surface area contributed by atoms with Gasteiger partial charge in [0.2, 0.25) is 5.91 Å². The minimum atomic E-state index is -0.708. The molecule has 1 N–H and O–H groups in total. The Hall–Kier alpha value is -2.37. The van der Waals surface area contributed by atoms with Crippen LogP contribution in [0.3, 0.4) is 0 Å². The highest BCUT2D eigenvalue weighted by atomic mass is 16.2. The molecule has 0 fully saturated rings. The van der Waals surface area contributed by atoms with Gasteiger partial charge in [-0.05, 0) is 46.8 Å². The molecule has 1 unspecified atom stereocenters. The lowest BCUT2D eigenvalue weighted by Crippen LogP contribution is -2.45. The molecule has 0 aliphatic rings. The topological polar surface area (TPSA) is 73.1 Å². The normalized spacial score (nSPS) is 12.8. The van der Waals surface area contributed by atoms with E-state index in [1.54, 1.807) is 45.0 Å². The maximum Gasteiger partial charge on any atom is 0.332 e. The number of carbonyl (C=O) groups is 1. The Morgan fingerprint density at radius 2 is 1.61 bits per heavy atom. The van der Waals surface area contributed by atoms with Gasteiger partial charge in [0, 0.05) is 12.1 Å². The van der Waals surface area contributed by atoms with Crippen LogP contribution in [0.25, 0.3) is 10.9 Å². The molecule has 0 aliphatic carbocycles. The summed E-state index contributed by atoms with van der Waals surface area (Å²) >= 11 is 0. The Kier molecular flexibility index (Phi) is 4.73. The van der Waals surface area contributed by atoms with Crippen LogP contribution in [-0.4, -0.2) is 21.1 Å². The summed E-state index contributed by atoms with van der Waals surface area (Å²) in [5.74, 6) is -0.249. The Bertz CT molecular complexity index is 846. The fourth-order valence-electron chi connectivity index (χ4n) is 2.65. The number of fused-ring (bicyclic) bond motifs is 1. The first-order valence-electron chi connectivity index (χ1n) is 7.81. The summed E-state index contributed by atoms with van der Waals surface area (Å²) in [5, 5.41) is 3.25. The van der Waals surface area contributed by atoms with E-state index >= 15 is 0 Å². The van der Waals surface area contributed by atoms with Crippen molar-refractivity contribution < 1.29 is 4.79 Å². The second kappa shape index (κ2) is 6.40. The van der Waals surface area contributed by atoms with E-state index in [9.17, 15) is 14.4 Å². The van der Waals surface area contributed by atoms with E-state index in [0.29, 0.717) is 10.9 Å². The SMILES string of the molecule is CC(C)NC(=O)C(C)n1c(=O)n(C(C)C)c(=O)c2ccccc21. The summed E-state index contributed by atoms with van der Waals surface area (Å²) in [6.07, 6.45) is 0. The lowest BCUT2D eigenvalue weighted by Gasteiger charge is -2.21. The Labute approximate surface area is 134 Å². The highest BCUT2D eigenvalue weighted by molar-refractivity contribution is 5.84. The molecule has 0 saturated carbocycles. The van der Waals surface area contributed by atoms with Crippen molar-refractivity contribution in [1.29, 1.82) is 0 Å². The summed E-state index contributed by atoms with van der Waals surface area (Å²) < 4.78 is 2.59. The average molecular weight is 317 g/mol. The lowest BCUT2D eigenvalue weighted by atomic mass is 10.2. The van der Waals surface area contributed by atoms with Gasteiger partial charge >= 0.3 is 5.69 Å². The van der Waals surface area contributed by atoms with Crippen LogP contribution in [0, 0.1) is 0 Å². The van der Waals surface area contributed by atoms with Crippen molar-refractivity contribution in [1.82, 2.24) is 14.5 Å². The molecule has 0 aliphatic heterocycles. The third kappa shape index (κ3) is 3.06. The van der Waals surface area contributed by atoms with Crippen LogP contribution in [0.2, 0.25) is 0 Å². The fourth-order valence-corrected chi connectivity index (χ4v) is 2.65. The monoisotopic (exact) mass is 317 g/mol. The first kappa shape index (κ1) is 17.0. The minimum absolute atomic E-state index is 0.0251. The molecule has 1 heterocycles. The van der Waals surface area contributed by atoms with Crippen LogP contribution in [0.4, 0.5) is 0 Å². The molecule has 6 heteroatoms. The van der Waals surface area contributed by atoms with Crippen molar-refractivity contribution in [2.45, 2.75) is 52.7 Å². The smallest absolute Gasteiger partial charge is 0.332 e. The van der Waals surface area contributed by atoms with Crippen molar-refractivity contribution >= 4 is 16.8 Å². The summed E-state index contributed by atoms with van der Waals surface area (Å²) in [6, 6.07) is 5.86. The lowest BCUT2D eigenvalue weighted by molar-refractivity contribution is -0.124. The Morgan fingerprint density at radius 3 is 2.17 bits per heavy atom. The molecule has 2 rings (SSSR count). The Morgan fingerprint density at radius 1 is 1.00 bits per heavy atom. The van der Waals surface area contributed by atoms with E-state index in [1.807, 2.05) is 13.8 Å². The molecule has 0 spiro atoms. The van der Waals surface area contributed by atoms with Gasteiger partial charge in [0.05, 0.1) is 10.9 Å². The molecule has 1 aromatic heterocycles. The number of nitrogens with one attached hydrogen (secondary N) is 1. The number of nitrogens with zero attached hydrogens (tertiary/aromatic N) is 2. The average Bonchev–Trinajstić information content (AvgIpc) is 2.46. The van der Waals surface area contributed by atoms with Gasteiger partial charge in [0.25, 0.3) is 5.56 Å². The predicted molar refractivity (Wildman–Crippen MR) is 90.8 cm³/mol. The van der Waals surface area contributed by atoms with Gasteiger partial charge in [-0.2, -0.15) is 0 Å². The van der Waals surface area contributed by atoms with Gasteiger partial charge in [0.15, 0.2) is 0 Å². The van der Waals surface area contributed by atoms with E-state index < -0.39 is 11.7 Å². The molecule has 124 valence electrons. The van der Waals surface area contributed by atoms with Crippen molar-refractivity contribution in [3.8, 4) is 0 Å². The predicted octanol–water partition coefficient (Wildman–Crippen LogP) is 1.83. The molecule has 0 bridgehead atoms. The van der Waals surface area contributed by atoms with Crippen molar-refractivity contribution in [2.75, 3.05) is 0 Å². The number of benzene rings is 1. The number of carbonyl (C=O) groups excluding carboxylic acids is 1. The number of amides is 1. The standard InChI is InChI=1S/C17H23N3O3/c1-10(2)18-15(21)12(5)20-14-9-7-6-8-13(14)16(22)19(11(3)4)17(20)23/h6-12H,1-5H3,(H,18,21). The summed E-state index contributed by atoms with van der Waals surface area (Å²) in [4.78, 5) is 37.7. The second-order valence-electron chi connectivity index (χ2n) is 6.28. The summed E-state index contributed by atoms with van der Waals surface area (Å²) in [6.45, 7) is 8.95. The van der Waals surface area contributed by atoms with Gasteiger partial charge in [-0.25, -0.2) is 4.79 Å². The van der Waals surface area contributed by atoms with Crippen molar-refractivity contribution in [3.05, 3.63) is 45.1 Å². The number of hydrogen-bond acceptors (Lipinski definition) is 3. The van der Waals surface area contributed by atoms with E-state index in [4.69, 9.17) is 0 Å². The van der Waals surface area contributed by atoms with E-state index in [0.717, 1.165) is 0 Å². The van der Waals surface area contributed by atoms with Gasteiger partial charge in [-0.15, -0.1) is 0 Å². The quantitative estimate of drug-likeness (QED) is 0.935. The number of hydrogen-bond donors (Lipinski definition) is 1. The molecule has 1 aromatic carbocycles. The van der Waals surface area contributed by atoms with E-state index in [2.05, 4.69) is 5.32 Å². The highest BCUT2D eigenvalue weighted by Gasteiger charge is 2.23. The third-order valence-electron chi connectivity index (χ3n) is 3.74. The molecular weight excluding hydrogens is 294 g/mol. The van der Waals surface area contributed by atoms with Crippen LogP contribution < -0.4 is 16.6 Å². The number of rotatable bonds is 4. The largest absolute Gasteiger partial charge is 0.352 e. The van der Waals surface area contributed by atoms with Crippen LogP contribution in [0.5, 0.6) is 0 Å². The van der Waals surface area contributed by atoms with Gasteiger partial charge < -0.3 is 5.32 Å². The van der Waals surface area contributed by atoms with Crippen LogP contribution in [0.1, 0.15) is 46.7 Å². The second-order valence-corrected chi connectivity index (χ2v) is 6.28. The highest BCUT2D eigenvalue weighted by Crippen LogP contribution is 2.14. The Balaban J connectivity index is 2.79. The molecular formula is C17H23N3O3. The molecule has 2 aromatic rings. The zero-order chi connectivity index (χ0) is 17.3. The third-order valence-corrected chi connectivity index (χ3v) is 3.74. The first-order valence-corrected chi connectivity index (χ1v) is 7.81. The van der Waals surface area contributed by atoms with Crippen LogP contribution in [0.15, 0.2) is 33.9 Å². The van der Waals surface area contributed by atoms with Gasteiger partial charge in [-0.1, -0.05) is 12.1 Å². The van der Waals surface area contributed by atoms with E-state index in [1.165, 1.54) is 9.13 Å². The van der Waals surface area contributed by atoms with Gasteiger partial charge in [0.1, 0.15) is 6.04 Å². The summed E-state index contributed by atoms with van der Waals surface area (Å²) in [5.41, 5.74) is -0.311. The molecule has 1 atom stereocenters. The zero-order valence-electron chi connectivity index (χ0n) is 14.2. The maximum atomic E-state index is 12.8. The van der Waals surface area contributed by atoms with Crippen molar-refractivity contribution in [3.63, 3.8) is 0 Å². The minimum Gasteiger partial charge on any atom is -0.352 e. The van der Waals surface area contributed by atoms with E-state index in [-0.39, 0.29) is 23.6 Å². The zero-order valence-corrected chi connectivity index (χ0v) is 14.2. The number of para-hydroxylation sites is 1. The molecule has 6 nitrogen and oxygen atoms in total. The van der Waals surface area contributed by atoms with Crippen LogP contribution >= 0.6 is 0 Å². The van der Waals surface area contributed by atoms with Crippen molar-refractivity contribution in [2.24, 2.45) is 0 Å². The maximum absolute atomic E-state index is 12.8. The summed E-state index contributed by atoms with van der Waals surface area (Å²) in [7, 11) is 0. The first-order chi connectivity index (χ1) is 10.8.